The molecule has 3 rings (SSSR count). The van der Waals surface area contributed by atoms with Gasteiger partial charge in [-0.25, -0.2) is 10.6 Å². The topological polar surface area (TPSA) is 161 Å². The van der Waals surface area contributed by atoms with Gasteiger partial charge in [-0.05, 0) is 41.7 Å². The Labute approximate surface area is 191 Å². The molecular weight excluding hydrogens is 426 g/mol. The fraction of sp³-hybridized carbons (Fsp3) is 0.261. The fourth-order valence-corrected chi connectivity index (χ4v) is 3.33. The van der Waals surface area contributed by atoms with Gasteiger partial charge in [0.05, 0.1) is 6.61 Å². The molecule has 1 aliphatic heterocycles. The number of benzene rings is 2. The summed E-state index contributed by atoms with van der Waals surface area (Å²) in [6.07, 6.45) is 1.34. The van der Waals surface area contributed by atoms with Crippen molar-refractivity contribution in [3.63, 3.8) is 0 Å². The Bertz CT molecular complexity index is 1050. The number of carboxylic acid groups (broad SMARTS) is 2. The van der Waals surface area contributed by atoms with Crippen molar-refractivity contribution in [2.45, 2.75) is 31.9 Å². The van der Waals surface area contributed by atoms with Crippen LogP contribution in [0.1, 0.15) is 28.7 Å². The molecule has 1 heterocycles. The zero-order chi connectivity index (χ0) is 24.0. The zero-order valence-electron chi connectivity index (χ0n) is 18.0. The summed E-state index contributed by atoms with van der Waals surface area (Å²) < 4.78 is 0. The maximum atomic E-state index is 11.2. The molecule has 1 atom stereocenters. The van der Waals surface area contributed by atoms with Crippen molar-refractivity contribution in [2.75, 3.05) is 12.0 Å². The number of nitrogens with zero attached hydrogens (tertiary/aromatic N) is 1. The van der Waals surface area contributed by atoms with Crippen molar-refractivity contribution >= 4 is 23.5 Å². The molecule has 2 aromatic carbocycles. The van der Waals surface area contributed by atoms with E-state index in [4.69, 9.17) is 21.2 Å². The maximum Gasteiger partial charge on any atom is 0.331 e. The number of carboxylic acids is 2. The van der Waals surface area contributed by atoms with Crippen molar-refractivity contribution in [2.24, 2.45) is 5.84 Å². The van der Waals surface area contributed by atoms with Crippen molar-refractivity contribution < 1.29 is 24.6 Å². The first-order valence-corrected chi connectivity index (χ1v) is 10.3. The van der Waals surface area contributed by atoms with Gasteiger partial charge in [-0.15, -0.1) is 0 Å². The standard InChI is InChI=1S/C23H27N5O5/c1-14(22(29)30)10-20(23(31)32)27-33-12-17-6-3-15(4-7-17)2-5-16-8-9-19-18(11-16)21(24)28(25)13-26-19/h3-4,6-9,11,20,24,26-27H,1-2,5,10,12-13,25H2,(H,29,30)(H,31,32)/t20-/m0/s1. The van der Waals surface area contributed by atoms with Crippen LogP contribution in [0.25, 0.3) is 0 Å². The van der Waals surface area contributed by atoms with Gasteiger partial charge in [-0.2, -0.15) is 5.48 Å². The number of anilines is 1. The molecule has 1 aliphatic rings. The Morgan fingerprint density at radius 2 is 1.79 bits per heavy atom. The third-order valence-electron chi connectivity index (χ3n) is 5.31. The van der Waals surface area contributed by atoms with Crippen LogP contribution in [0.2, 0.25) is 0 Å². The van der Waals surface area contributed by atoms with E-state index < -0.39 is 18.0 Å². The average molecular weight is 453 g/mol. The van der Waals surface area contributed by atoms with Gasteiger partial charge in [-0.3, -0.25) is 20.1 Å². The molecule has 0 unspecified atom stereocenters. The van der Waals surface area contributed by atoms with Gasteiger partial charge in [0.2, 0.25) is 0 Å². The summed E-state index contributed by atoms with van der Waals surface area (Å²) >= 11 is 0. The van der Waals surface area contributed by atoms with E-state index in [1.807, 2.05) is 42.5 Å². The first kappa shape index (κ1) is 23.9. The van der Waals surface area contributed by atoms with Gasteiger partial charge in [0, 0.05) is 23.2 Å². The van der Waals surface area contributed by atoms with Crippen molar-refractivity contribution in [3.05, 3.63) is 76.9 Å². The molecule has 0 aromatic heterocycles. The molecule has 10 nitrogen and oxygen atoms in total. The number of amidine groups is 1. The summed E-state index contributed by atoms with van der Waals surface area (Å²) in [7, 11) is 0. The second-order valence-corrected chi connectivity index (χ2v) is 7.76. The Balaban J connectivity index is 1.49. The zero-order valence-corrected chi connectivity index (χ0v) is 18.0. The SMILES string of the molecule is C=C(C[C@H](NOCc1ccc(CCc2ccc3c(c2)C(=N)N(N)CN3)cc1)C(=O)O)C(=O)O. The molecule has 0 saturated carbocycles. The van der Waals surface area contributed by atoms with Crippen molar-refractivity contribution in [3.8, 4) is 0 Å². The van der Waals surface area contributed by atoms with Gasteiger partial charge >= 0.3 is 11.9 Å². The van der Waals surface area contributed by atoms with Gasteiger partial charge in [0.15, 0.2) is 0 Å². The van der Waals surface area contributed by atoms with Crippen LogP contribution in [0.15, 0.2) is 54.6 Å². The minimum absolute atomic E-state index is 0.124. The van der Waals surface area contributed by atoms with Crippen LogP contribution in [-0.4, -0.2) is 45.7 Å². The molecule has 0 radical (unpaired) electrons. The van der Waals surface area contributed by atoms with Gasteiger partial charge in [-0.1, -0.05) is 36.9 Å². The molecule has 0 fully saturated rings. The van der Waals surface area contributed by atoms with E-state index in [0.29, 0.717) is 12.5 Å². The second kappa shape index (κ2) is 10.7. The lowest BCUT2D eigenvalue weighted by Crippen LogP contribution is -2.44. The van der Waals surface area contributed by atoms with Crippen molar-refractivity contribution in [1.82, 2.24) is 10.5 Å². The van der Waals surface area contributed by atoms with Crippen LogP contribution in [-0.2, 0) is 33.9 Å². The lowest BCUT2D eigenvalue weighted by Gasteiger charge is -2.28. The predicted molar refractivity (Wildman–Crippen MR) is 122 cm³/mol. The van der Waals surface area contributed by atoms with E-state index in [9.17, 15) is 14.7 Å². The number of hydrazine groups is 1. The lowest BCUT2D eigenvalue weighted by atomic mass is 10.00. The minimum atomic E-state index is -1.25. The van der Waals surface area contributed by atoms with Crippen LogP contribution in [0.5, 0.6) is 0 Å². The van der Waals surface area contributed by atoms with E-state index in [1.165, 1.54) is 5.01 Å². The Morgan fingerprint density at radius 1 is 1.15 bits per heavy atom. The quantitative estimate of drug-likeness (QED) is 0.169. The Hall–Kier alpha value is -3.73. The molecule has 0 saturated heterocycles. The second-order valence-electron chi connectivity index (χ2n) is 7.76. The third-order valence-corrected chi connectivity index (χ3v) is 5.31. The van der Waals surface area contributed by atoms with E-state index >= 15 is 0 Å². The van der Waals surface area contributed by atoms with Crippen LogP contribution in [0.4, 0.5) is 5.69 Å². The van der Waals surface area contributed by atoms with Crippen LogP contribution >= 0.6 is 0 Å². The normalized spacial score (nSPS) is 13.7. The third kappa shape index (κ3) is 6.39. The monoisotopic (exact) mass is 453 g/mol. The van der Waals surface area contributed by atoms with E-state index in [-0.39, 0.29) is 18.6 Å². The number of hydrogen-bond acceptors (Lipinski definition) is 7. The minimum Gasteiger partial charge on any atom is -0.480 e. The molecule has 0 aliphatic carbocycles. The van der Waals surface area contributed by atoms with E-state index in [0.717, 1.165) is 40.8 Å². The van der Waals surface area contributed by atoms with E-state index in [1.54, 1.807) is 0 Å². The molecular formula is C23H27N5O5. The number of nitrogens with two attached hydrogens (primary N) is 1. The fourth-order valence-electron chi connectivity index (χ4n) is 3.33. The number of aryl methyl sites for hydroxylation is 2. The molecule has 0 spiro atoms. The molecule has 10 heteroatoms. The average Bonchev–Trinajstić information content (AvgIpc) is 2.80. The smallest absolute Gasteiger partial charge is 0.331 e. The van der Waals surface area contributed by atoms with Crippen LogP contribution in [0.3, 0.4) is 0 Å². The molecule has 174 valence electrons. The molecule has 0 amide bonds. The summed E-state index contributed by atoms with van der Waals surface area (Å²) in [5.74, 6) is 3.62. The number of carbonyl (C=O) groups is 2. The van der Waals surface area contributed by atoms with Crippen LogP contribution < -0.4 is 16.6 Å². The summed E-state index contributed by atoms with van der Waals surface area (Å²) in [6, 6.07) is 12.5. The van der Waals surface area contributed by atoms with Gasteiger partial charge < -0.3 is 15.5 Å². The number of hydrogen-bond donors (Lipinski definition) is 6. The number of aliphatic carboxylic acids is 2. The Kier molecular flexibility index (Phi) is 7.78. The van der Waals surface area contributed by atoms with Gasteiger partial charge in [0.1, 0.15) is 18.5 Å². The molecule has 0 bridgehead atoms. The number of rotatable bonds is 11. The number of hydroxylamine groups is 1. The Morgan fingerprint density at radius 3 is 2.45 bits per heavy atom. The number of nitrogens with one attached hydrogen (secondary N) is 3. The highest BCUT2D eigenvalue weighted by Gasteiger charge is 2.21. The first-order valence-electron chi connectivity index (χ1n) is 10.3. The van der Waals surface area contributed by atoms with E-state index in [2.05, 4.69) is 17.4 Å². The lowest BCUT2D eigenvalue weighted by molar-refractivity contribution is -0.144. The highest BCUT2D eigenvalue weighted by atomic mass is 16.6. The summed E-state index contributed by atoms with van der Waals surface area (Å²) in [5.41, 5.74) is 6.93. The highest BCUT2D eigenvalue weighted by molar-refractivity contribution is 6.02. The number of fused-ring (bicyclic) bond motifs is 1. The highest BCUT2D eigenvalue weighted by Crippen LogP contribution is 2.23. The van der Waals surface area contributed by atoms with Crippen molar-refractivity contribution in [1.29, 1.82) is 5.41 Å². The summed E-state index contributed by atoms with van der Waals surface area (Å²) in [5, 5.41) is 30.7. The molecule has 33 heavy (non-hydrogen) atoms. The van der Waals surface area contributed by atoms with Crippen LogP contribution in [0, 0.1) is 5.41 Å². The molecule has 2 aromatic rings. The predicted octanol–water partition coefficient (Wildman–Crippen LogP) is 1.86. The summed E-state index contributed by atoms with van der Waals surface area (Å²) in [4.78, 5) is 27.3. The molecule has 7 N–H and O–H groups in total. The maximum absolute atomic E-state index is 11.2. The summed E-state index contributed by atoms with van der Waals surface area (Å²) in [6.45, 7) is 3.87. The van der Waals surface area contributed by atoms with Gasteiger partial charge in [0.25, 0.3) is 0 Å². The largest absolute Gasteiger partial charge is 0.480 e. The first-order chi connectivity index (χ1) is 15.7.